The fraction of sp³-hybridized carbons (Fsp3) is 0.800. The number of sulfonamides is 1. The maximum Gasteiger partial charge on any atom is 0.214 e. The fourth-order valence-corrected chi connectivity index (χ4v) is 6.80. The van der Waals surface area contributed by atoms with Gasteiger partial charge in [-0.1, -0.05) is 22.4 Å². The number of hydrogen-bond acceptors (Lipinski definition) is 4. The normalized spacial score (nSPS) is 40.7. The van der Waals surface area contributed by atoms with Crippen molar-refractivity contribution in [2.75, 3.05) is 0 Å². The maximum absolute atomic E-state index is 12.8. The monoisotopic (exact) mass is 421 g/mol. The second-order valence-corrected chi connectivity index (χ2v) is 10.3. The summed E-state index contributed by atoms with van der Waals surface area (Å²) in [5.74, 6) is 0.0720. The number of nitriles is 1. The van der Waals surface area contributed by atoms with Crippen molar-refractivity contribution in [3.05, 3.63) is 10.7 Å². The Bertz CT molecular complexity index is 633. The zero-order valence-electron chi connectivity index (χ0n) is 12.7. The van der Waals surface area contributed by atoms with Crippen molar-refractivity contribution in [2.45, 2.75) is 61.2 Å². The van der Waals surface area contributed by atoms with Gasteiger partial charge in [-0.25, -0.2) is 13.1 Å². The smallest absolute Gasteiger partial charge is 0.214 e. The van der Waals surface area contributed by atoms with Crippen molar-refractivity contribution in [1.29, 1.82) is 5.26 Å². The second kappa shape index (κ2) is 6.91. The van der Waals surface area contributed by atoms with Crippen LogP contribution in [0.5, 0.6) is 0 Å². The Morgan fingerprint density at radius 1 is 1.35 bits per heavy atom. The first kappa shape index (κ1) is 17.5. The van der Waals surface area contributed by atoms with E-state index in [1.807, 2.05) is 6.20 Å². The maximum atomic E-state index is 12.8. The number of nitrogens with zero attached hydrogens (tertiary/aromatic N) is 1. The van der Waals surface area contributed by atoms with Gasteiger partial charge in [0.1, 0.15) is 0 Å². The predicted octanol–water partition coefficient (Wildman–Crippen LogP) is 2.58. The van der Waals surface area contributed by atoms with E-state index in [2.05, 4.69) is 32.0 Å². The van der Waals surface area contributed by atoms with Crippen molar-refractivity contribution in [2.24, 2.45) is 11.8 Å². The third-order valence-corrected chi connectivity index (χ3v) is 8.33. The summed E-state index contributed by atoms with van der Waals surface area (Å²) >= 11 is 9.88. The molecular formula is C15H21BrClN3O2S. The molecule has 0 amide bonds. The van der Waals surface area contributed by atoms with Crippen LogP contribution in [-0.4, -0.2) is 31.1 Å². The van der Waals surface area contributed by atoms with E-state index in [0.29, 0.717) is 19.3 Å². The highest BCUT2D eigenvalue weighted by Crippen LogP contribution is 2.39. The van der Waals surface area contributed by atoms with Crippen molar-refractivity contribution in [3.8, 4) is 6.07 Å². The van der Waals surface area contributed by atoms with Gasteiger partial charge in [-0.2, -0.15) is 5.26 Å². The number of fused-ring (bicyclic) bond motifs is 1. The Morgan fingerprint density at radius 3 is 2.87 bits per heavy atom. The first-order valence-electron chi connectivity index (χ1n) is 8.07. The molecule has 0 aromatic rings. The molecule has 0 radical (unpaired) electrons. The molecule has 8 heteroatoms. The molecule has 2 saturated carbocycles. The van der Waals surface area contributed by atoms with Gasteiger partial charge in [-0.3, -0.25) is 0 Å². The Kier molecular flexibility index (Phi) is 5.27. The number of rotatable bonds is 3. The van der Waals surface area contributed by atoms with Gasteiger partial charge < -0.3 is 5.32 Å². The highest BCUT2D eigenvalue weighted by atomic mass is 79.9. The Hall–Kier alpha value is -0.290. The third-order valence-electron chi connectivity index (χ3n) is 5.22. The van der Waals surface area contributed by atoms with Gasteiger partial charge in [-0.15, -0.1) is 11.6 Å². The van der Waals surface area contributed by atoms with E-state index in [1.54, 1.807) is 0 Å². The van der Waals surface area contributed by atoms with E-state index in [-0.39, 0.29) is 29.3 Å². The van der Waals surface area contributed by atoms with E-state index in [9.17, 15) is 8.42 Å². The van der Waals surface area contributed by atoms with E-state index < -0.39 is 15.3 Å². The van der Waals surface area contributed by atoms with Crippen LogP contribution in [0, 0.1) is 23.2 Å². The summed E-state index contributed by atoms with van der Waals surface area (Å²) in [6.45, 7) is 0. The molecule has 0 saturated heterocycles. The molecule has 1 heterocycles. The lowest BCUT2D eigenvalue weighted by molar-refractivity contribution is 0.292. The summed E-state index contributed by atoms with van der Waals surface area (Å²) in [5.41, 5.74) is 0. The quantitative estimate of drug-likeness (QED) is 0.685. The van der Waals surface area contributed by atoms with Crippen LogP contribution < -0.4 is 10.0 Å². The van der Waals surface area contributed by atoms with E-state index in [1.165, 1.54) is 0 Å². The van der Waals surface area contributed by atoms with Gasteiger partial charge in [0.05, 0.1) is 11.3 Å². The summed E-state index contributed by atoms with van der Waals surface area (Å²) in [7, 11) is -3.44. The number of alkyl halides is 1. The molecule has 0 spiro atoms. The van der Waals surface area contributed by atoms with Crippen molar-refractivity contribution in [1.82, 2.24) is 10.0 Å². The molecule has 3 aliphatic rings. The molecule has 2 aliphatic carbocycles. The average Bonchev–Trinajstić information content (AvgIpc) is 2.88. The van der Waals surface area contributed by atoms with Crippen molar-refractivity contribution < 1.29 is 8.42 Å². The van der Waals surface area contributed by atoms with Crippen LogP contribution in [0.4, 0.5) is 0 Å². The summed E-state index contributed by atoms with van der Waals surface area (Å²) in [6.07, 6.45) is 6.03. The van der Waals surface area contributed by atoms with Crippen LogP contribution in [0.2, 0.25) is 0 Å². The van der Waals surface area contributed by atoms with Crippen LogP contribution >= 0.6 is 27.5 Å². The molecule has 5 nitrogen and oxygen atoms in total. The van der Waals surface area contributed by atoms with E-state index >= 15 is 0 Å². The lowest BCUT2D eigenvalue weighted by atomic mass is 9.83. The lowest BCUT2D eigenvalue weighted by Gasteiger charge is -2.38. The van der Waals surface area contributed by atoms with Crippen LogP contribution in [0.3, 0.4) is 0 Å². The fourth-order valence-electron chi connectivity index (χ4n) is 3.99. The van der Waals surface area contributed by atoms with Crippen molar-refractivity contribution >= 4 is 37.6 Å². The highest BCUT2D eigenvalue weighted by molar-refractivity contribution is 9.11. The van der Waals surface area contributed by atoms with Gasteiger partial charge in [0.2, 0.25) is 10.0 Å². The molecule has 2 N–H and O–H groups in total. The van der Waals surface area contributed by atoms with Crippen molar-refractivity contribution in [3.63, 3.8) is 0 Å². The number of hydrogen-bond donors (Lipinski definition) is 2. The Labute approximate surface area is 151 Å². The van der Waals surface area contributed by atoms with Gasteiger partial charge in [0.25, 0.3) is 0 Å². The first-order chi connectivity index (χ1) is 10.9. The standard InChI is InChI=1S/C15H21BrClN3O2S/c16-13-8-19-15-12(13)5-10(17)6-14(15)20-23(21,22)11-3-1-2-9(4-11)7-18/h8-12,14-15,19-20H,1-6H2. The Morgan fingerprint density at radius 2 is 2.13 bits per heavy atom. The molecule has 128 valence electrons. The van der Waals surface area contributed by atoms with Gasteiger partial charge in [-0.05, 0) is 32.1 Å². The van der Waals surface area contributed by atoms with Gasteiger partial charge in [0, 0.05) is 40.0 Å². The Balaban J connectivity index is 1.71. The molecule has 0 bridgehead atoms. The molecule has 0 aromatic carbocycles. The predicted molar refractivity (Wildman–Crippen MR) is 93.5 cm³/mol. The molecule has 23 heavy (non-hydrogen) atoms. The minimum Gasteiger partial charge on any atom is -0.385 e. The molecule has 6 atom stereocenters. The lowest BCUT2D eigenvalue weighted by Crippen LogP contribution is -2.56. The molecule has 6 unspecified atom stereocenters. The SMILES string of the molecule is N#CC1CCCC(S(=O)(=O)NC2CC(Cl)CC3C(Br)=CNC23)C1. The largest absolute Gasteiger partial charge is 0.385 e. The van der Waals surface area contributed by atoms with E-state index in [4.69, 9.17) is 16.9 Å². The molecule has 2 fully saturated rings. The van der Waals surface area contributed by atoms with Crippen LogP contribution in [0.25, 0.3) is 0 Å². The van der Waals surface area contributed by atoms with Crippen LogP contribution in [-0.2, 0) is 10.0 Å². The number of nitrogens with one attached hydrogen (secondary N) is 2. The zero-order valence-corrected chi connectivity index (χ0v) is 15.9. The highest BCUT2D eigenvalue weighted by Gasteiger charge is 2.43. The second-order valence-electron chi connectivity index (χ2n) is 6.78. The minimum absolute atomic E-state index is 0.0389. The van der Waals surface area contributed by atoms with Crippen LogP contribution in [0.15, 0.2) is 10.7 Å². The third kappa shape index (κ3) is 3.71. The summed E-state index contributed by atoms with van der Waals surface area (Å²) in [6, 6.07) is 2.05. The summed E-state index contributed by atoms with van der Waals surface area (Å²) in [4.78, 5) is 0. The van der Waals surface area contributed by atoms with E-state index in [0.717, 1.165) is 23.7 Å². The van der Waals surface area contributed by atoms with Gasteiger partial charge >= 0.3 is 0 Å². The molecular weight excluding hydrogens is 402 g/mol. The van der Waals surface area contributed by atoms with Gasteiger partial charge in [0.15, 0.2) is 0 Å². The molecule has 0 aromatic heterocycles. The number of halogens is 2. The zero-order chi connectivity index (χ0) is 16.6. The topological polar surface area (TPSA) is 82.0 Å². The average molecular weight is 423 g/mol. The summed E-state index contributed by atoms with van der Waals surface area (Å²) < 4.78 is 29.5. The van der Waals surface area contributed by atoms with Crippen LogP contribution in [0.1, 0.15) is 38.5 Å². The minimum atomic E-state index is -3.44. The molecule has 3 rings (SSSR count). The summed E-state index contributed by atoms with van der Waals surface area (Å²) in [5, 5.41) is 11.9. The first-order valence-corrected chi connectivity index (χ1v) is 10.8. The molecule has 1 aliphatic heterocycles.